The first-order chi connectivity index (χ1) is 14.8. The summed E-state index contributed by atoms with van der Waals surface area (Å²) in [5.41, 5.74) is 0.989. The second-order valence-corrected chi connectivity index (χ2v) is 10.3. The van der Waals surface area contributed by atoms with Gasteiger partial charge in [-0.1, -0.05) is 30.3 Å². The van der Waals surface area contributed by atoms with E-state index in [1.165, 1.54) is 12.0 Å². The van der Waals surface area contributed by atoms with Gasteiger partial charge >= 0.3 is 6.09 Å². The fourth-order valence-corrected chi connectivity index (χ4v) is 5.19. The molecule has 2 bridgehead atoms. The average Bonchev–Trinajstić information content (AvgIpc) is 3.43. The second-order valence-electron chi connectivity index (χ2n) is 10.3. The Morgan fingerprint density at radius 1 is 1.13 bits per heavy atom. The summed E-state index contributed by atoms with van der Waals surface area (Å²) in [5.74, 6) is 2.21. The van der Waals surface area contributed by atoms with E-state index in [0.29, 0.717) is 17.9 Å². The molecule has 2 aliphatic heterocycles. The molecule has 0 radical (unpaired) electrons. The molecule has 4 rings (SSSR count). The molecule has 1 aliphatic carbocycles. The zero-order valence-electron chi connectivity index (χ0n) is 19.4. The Morgan fingerprint density at radius 3 is 2.42 bits per heavy atom. The number of ether oxygens (including phenoxy) is 1. The van der Waals surface area contributed by atoms with E-state index in [9.17, 15) is 4.79 Å². The van der Waals surface area contributed by atoms with Gasteiger partial charge in [0.05, 0.1) is 0 Å². The second kappa shape index (κ2) is 9.09. The van der Waals surface area contributed by atoms with Gasteiger partial charge in [-0.15, -0.1) is 0 Å². The maximum Gasteiger partial charge on any atom is 0.410 e. The molecule has 1 amide bonds. The summed E-state index contributed by atoms with van der Waals surface area (Å²) in [4.78, 5) is 19.6. The minimum atomic E-state index is -0.448. The van der Waals surface area contributed by atoms with Crippen LogP contribution >= 0.6 is 0 Å². The zero-order valence-corrected chi connectivity index (χ0v) is 19.4. The van der Waals surface area contributed by atoms with E-state index in [-0.39, 0.29) is 18.2 Å². The molecule has 1 saturated carbocycles. The fourth-order valence-electron chi connectivity index (χ4n) is 5.19. The number of amides is 1. The lowest BCUT2D eigenvalue weighted by molar-refractivity contribution is 0.00545. The molecule has 3 fully saturated rings. The van der Waals surface area contributed by atoms with Gasteiger partial charge in [0.2, 0.25) is 0 Å². The van der Waals surface area contributed by atoms with E-state index in [0.717, 1.165) is 44.7 Å². The maximum atomic E-state index is 12.7. The number of rotatable bonds is 5. The van der Waals surface area contributed by atoms with Crippen molar-refractivity contribution in [2.45, 2.75) is 89.4 Å². The number of fused-ring (bicyclic) bond motifs is 2. The summed E-state index contributed by atoms with van der Waals surface area (Å²) in [6, 6.07) is 11.7. The fraction of sp³-hybridized carbons (Fsp3) is 0.680. The predicted octanol–water partition coefficient (Wildman–Crippen LogP) is 4.28. The van der Waals surface area contributed by atoms with Crippen LogP contribution in [0, 0.1) is 5.92 Å². The Bertz CT molecular complexity index is 774. The molecule has 4 atom stereocenters. The normalized spacial score (nSPS) is 30.1. The minimum Gasteiger partial charge on any atom is -0.444 e. The molecule has 170 valence electrons. The van der Waals surface area contributed by atoms with Crippen molar-refractivity contribution in [3.63, 3.8) is 0 Å². The van der Waals surface area contributed by atoms with Crippen LogP contribution in [0.4, 0.5) is 4.79 Å². The smallest absolute Gasteiger partial charge is 0.410 e. The minimum absolute atomic E-state index is 0.153. The Morgan fingerprint density at radius 2 is 1.81 bits per heavy atom. The Balaban J connectivity index is 1.31. The summed E-state index contributed by atoms with van der Waals surface area (Å²) < 4.78 is 5.66. The van der Waals surface area contributed by atoms with Gasteiger partial charge in [-0.05, 0) is 77.2 Å². The van der Waals surface area contributed by atoms with Gasteiger partial charge in [0, 0.05) is 31.2 Å². The lowest BCUT2D eigenvalue weighted by atomic mass is 9.98. The standard InChI is InChI=1S/C25H38N4O2/c1-5-26-23(27-16-18-13-22(18)17-9-7-6-8-10-17)28-19-14-20-11-12-21(15-19)29(20)24(30)31-25(2,3)4/h6-10,18-22H,5,11-16H2,1-4H3,(H2,26,27,28). The van der Waals surface area contributed by atoms with E-state index in [4.69, 9.17) is 9.73 Å². The number of benzene rings is 1. The van der Waals surface area contributed by atoms with Crippen LogP contribution in [0.25, 0.3) is 0 Å². The first kappa shape index (κ1) is 22.0. The Kier molecular flexibility index (Phi) is 6.44. The van der Waals surface area contributed by atoms with Crippen molar-refractivity contribution in [1.29, 1.82) is 0 Å². The number of guanidine groups is 1. The van der Waals surface area contributed by atoms with Crippen molar-refractivity contribution in [2.24, 2.45) is 10.9 Å². The molecule has 0 spiro atoms. The van der Waals surface area contributed by atoms with Crippen LogP contribution in [0.1, 0.15) is 71.3 Å². The van der Waals surface area contributed by atoms with Crippen LogP contribution in [-0.2, 0) is 4.74 Å². The van der Waals surface area contributed by atoms with Crippen LogP contribution in [0.2, 0.25) is 0 Å². The zero-order chi connectivity index (χ0) is 22.0. The molecule has 1 aromatic carbocycles. The first-order valence-electron chi connectivity index (χ1n) is 11.9. The van der Waals surface area contributed by atoms with E-state index < -0.39 is 5.60 Å². The number of piperidine rings is 1. The van der Waals surface area contributed by atoms with Gasteiger partial charge in [-0.25, -0.2) is 4.79 Å². The largest absolute Gasteiger partial charge is 0.444 e. The highest BCUT2D eigenvalue weighted by atomic mass is 16.6. The summed E-state index contributed by atoms with van der Waals surface area (Å²) in [6.07, 6.45) is 5.12. The third-order valence-corrected chi connectivity index (χ3v) is 6.66. The molecule has 6 nitrogen and oxygen atoms in total. The molecule has 31 heavy (non-hydrogen) atoms. The quantitative estimate of drug-likeness (QED) is 0.545. The summed E-state index contributed by atoms with van der Waals surface area (Å²) in [7, 11) is 0. The van der Waals surface area contributed by atoms with Crippen LogP contribution in [0.3, 0.4) is 0 Å². The molecule has 6 heteroatoms. The molecule has 3 aliphatic rings. The molecular formula is C25H38N4O2. The van der Waals surface area contributed by atoms with Crippen molar-refractivity contribution in [3.05, 3.63) is 35.9 Å². The van der Waals surface area contributed by atoms with Gasteiger partial charge in [0.1, 0.15) is 5.60 Å². The third kappa shape index (κ3) is 5.52. The van der Waals surface area contributed by atoms with Gasteiger partial charge in [0.25, 0.3) is 0 Å². The molecule has 2 N–H and O–H groups in total. The monoisotopic (exact) mass is 426 g/mol. The van der Waals surface area contributed by atoms with Crippen LogP contribution in [0.15, 0.2) is 35.3 Å². The van der Waals surface area contributed by atoms with Crippen LogP contribution < -0.4 is 10.6 Å². The molecule has 4 unspecified atom stereocenters. The summed E-state index contributed by atoms with van der Waals surface area (Å²) >= 11 is 0. The van der Waals surface area contributed by atoms with Crippen molar-refractivity contribution >= 4 is 12.1 Å². The molecule has 2 heterocycles. The van der Waals surface area contributed by atoms with Gasteiger partial charge in [-0.3, -0.25) is 4.99 Å². The third-order valence-electron chi connectivity index (χ3n) is 6.66. The average molecular weight is 427 g/mol. The number of nitrogens with zero attached hydrogens (tertiary/aromatic N) is 2. The Hall–Kier alpha value is -2.24. The maximum absolute atomic E-state index is 12.7. The van der Waals surface area contributed by atoms with Crippen molar-refractivity contribution in [3.8, 4) is 0 Å². The number of carbonyl (C=O) groups is 1. The van der Waals surface area contributed by atoms with E-state index in [1.54, 1.807) is 0 Å². The number of carbonyl (C=O) groups excluding carboxylic acids is 1. The molecule has 1 aromatic rings. The van der Waals surface area contributed by atoms with Gasteiger partial charge in [-0.2, -0.15) is 0 Å². The van der Waals surface area contributed by atoms with Crippen LogP contribution in [0.5, 0.6) is 0 Å². The topological polar surface area (TPSA) is 66.0 Å². The molecular weight excluding hydrogens is 388 g/mol. The van der Waals surface area contributed by atoms with E-state index in [1.807, 2.05) is 25.7 Å². The van der Waals surface area contributed by atoms with E-state index >= 15 is 0 Å². The lowest BCUT2D eigenvalue weighted by Crippen LogP contribution is -2.55. The summed E-state index contributed by atoms with van der Waals surface area (Å²) in [5, 5.41) is 7.08. The summed E-state index contributed by atoms with van der Waals surface area (Å²) in [6.45, 7) is 9.62. The number of hydrogen-bond acceptors (Lipinski definition) is 3. The van der Waals surface area contributed by atoms with Crippen molar-refractivity contribution < 1.29 is 9.53 Å². The number of nitrogens with one attached hydrogen (secondary N) is 2. The van der Waals surface area contributed by atoms with Crippen molar-refractivity contribution in [1.82, 2.24) is 15.5 Å². The van der Waals surface area contributed by atoms with Crippen molar-refractivity contribution in [2.75, 3.05) is 13.1 Å². The molecule has 2 saturated heterocycles. The van der Waals surface area contributed by atoms with Gasteiger partial charge in [0.15, 0.2) is 5.96 Å². The predicted molar refractivity (Wildman–Crippen MR) is 124 cm³/mol. The highest BCUT2D eigenvalue weighted by Crippen LogP contribution is 2.47. The van der Waals surface area contributed by atoms with Crippen LogP contribution in [-0.4, -0.2) is 53.8 Å². The number of aliphatic imine (C=N–C) groups is 1. The SMILES string of the molecule is CCNC(=NCC1CC1c1ccccc1)NC1CC2CCC(C1)N2C(=O)OC(C)(C)C. The number of hydrogen-bond donors (Lipinski definition) is 2. The highest BCUT2D eigenvalue weighted by Gasteiger charge is 2.45. The molecule has 0 aromatic heterocycles. The van der Waals surface area contributed by atoms with Gasteiger partial charge < -0.3 is 20.3 Å². The highest BCUT2D eigenvalue weighted by molar-refractivity contribution is 5.80. The Labute approximate surface area is 186 Å². The lowest BCUT2D eigenvalue weighted by Gasteiger charge is -2.40. The van der Waals surface area contributed by atoms with E-state index in [2.05, 4.69) is 47.9 Å². The first-order valence-corrected chi connectivity index (χ1v) is 11.9.